The lowest BCUT2D eigenvalue weighted by Gasteiger charge is -2.06. The van der Waals surface area contributed by atoms with Gasteiger partial charge < -0.3 is 9.73 Å². The van der Waals surface area contributed by atoms with Crippen LogP contribution in [0.3, 0.4) is 0 Å². The molecule has 2 aromatic carbocycles. The minimum Gasteiger partial charge on any atom is -0.408 e. The maximum atomic E-state index is 12.2. The van der Waals surface area contributed by atoms with Crippen LogP contribution >= 0.6 is 27.5 Å². The Labute approximate surface area is 138 Å². The van der Waals surface area contributed by atoms with Crippen molar-refractivity contribution in [3.8, 4) is 0 Å². The first-order chi connectivity index (χ1) is 10.4. The monoisotopic (exact) mass is 380 g/mol. The van der Waals surface area contributed by atoms with Gasteiger partial charge in [-0.1, -0.05) is 27.5 Å². The molecule has 1 aromatic heterocycles. The van der Waals surface area contributed by atoms with Crippen molar-refractivity contribution in [3.63, 3.8) is 0 Å². The number of nitrogens with zero attached hydrogens (tertiary/aromatic N) is 1. The molecule has 0 unspecified atom stereocenters. The molecule has 0 aliphatic heterocycles. The van der Waals surface area contributed by atoms with Crippen LogP contribution in [-0.4, -0.2) is 10.5 Å². The molecule has 0 spiro atoms. The zero-order valence-corrected chi connectivity index (χ0v) is 13.7. The predicted molar refractivity (Wildman–Crippen MR) is 88.6 cm³/mol. The largest absolute Gasteiger partial charge is 0.419 e. The Hall–Kier alpha value is -2.05. The lowest BCUT2D eigenvalue weighted by Crippen LogP contribution is -2.11. The van der Waals surface area contributed by atoms with Gasteiger partial charge in [-0.3, -0.25) is 9.36 Å². The van der Waals surface area contributed by atoms with Crippen molar-refractivity contribution in [3.05, 3.63) is 62.0 Å². The smallest absolute Gasteiger partial charge is 0.408 e. The molecule has 3 aromatic rings. The van der Waals surface area contributed by atoms with Crippen LogP contribution in [0.1, 0.15) is 10.4 Å². The fraction of sp³-hybridized carbons (Fsp3) is 0.0667. The van der Waals surface area contributed by atoms with Crippen molar-refractivity contribution in [1.82, 2.24) is 4.57 Å². The van der Waals surface area contributed by atoms with Gasteiger partial charge in [0.2, 0.25) is 0 Å². The number of aryl methyl sites for hydroxylation is 1. The molecule has 112 valence electrons. The number of oxazole rings is 1. The Morgan fingerprint density at radius 1 is 1.27 bits per heavy atom. The van der Waals surface area contributed by atoms with Gasteiger partial charge in [0, 0.05) is 33.9 Å². The Morgan fingerprint density at radius 3 is 2.77 bits per heavy atom. The van der Waals surface area contributed by atoms with Gasteiger partial charge in [-0.25, -0.2) is 4.79 Å². The first-order valence-corrected chi connectivity index (χ1v) is 7.48. The van der Waals surface area contributed by atoms with Gasteiger partial charge in [0.15, 0.2) is 5.58 Å². The molecular weight excluding hydrogens is 372 g/mol. The van der Waals surface area contributed by atoms with Crippen LogP contribution in [-0.2, 0) is 7.05 Å². The highest BCUT2D eigenvalue weighted by Gasteiger charge is 2.11. The molecular formula is C15H10BrClN2O3. The molecule has 0 fully saturated rings. The van der Waals surface area contributed by atoms with E-state index < -0.39 is 5.76 Å². The summed E-state index contributed by atoms with van der Waals surface area (Å²) in [6, 6.07) is 9.96. The van der Waals surface area contributed by atoms with Crippen molar-refractivity contribution >= 4 is 50.2 Å². The number of halogens is 2. The van der Waals surface area contributed by atoms with E-state index in [4.69, 9.17) is 16.0 Å². The molecule has 0 bridgehead atoms. The standard InChI is InChI=1S/C15H10BrClN2O3/c1-19-12-3-2-11(7-13(12)22-15(19)21)18-14(20)8-4-9(16)6-10(17)5-8/h2-7H,1H3,(H,18,20). The summed E-state index contributed by atoms with van der Waals surface area (Å²) in [5.41, 5.74) is 2.03. The highest BCUT2D eigenvalue weighted by Crippen LogP contribution is 2.22. The maximum Gasteiger partial charge on any atom is 0.419 e. The number of hydrogen-bond donors (Lipinski definition) is 1. The number of carbonyl (C=O) groups excluding carboxylic acids is 1. The summed E-state index contributed by atoms with van der Waals surface area (Å²) in [5.74, 6) is -0.752. The lowest BCUT2D eigenvalue weighted by atomic mass is 10.2. The van der Waals surface area contributed by atoms with E-state index in [9.17, 15) is 9.59 Å². The molecule has 7 heteroatoms. The third-order valence-corrected chi connectivity index (χ3v) is 3.85. The van der Waals surface area contributed by atoms with E-state index in [1.165, 1.54) is 4.57 Å². The van der Waals surface area contributed by atoms with Crippen LogP contribution in [0, 0.1) is 0 Å². The number of benzene rings is 2. The minimum absolute atomic E-state index is 0.305. The summed E-state index contributed by atoms with van der Waals surface area (Å²) in [6.07, 6.45) is 0. The summed E-state index contributed by atoms with van der Waals surface area (Å²) in [4.78, 5) is 23.7. The number of hydrogen-bond acceptors (Lipinski definition) is 3. The van der Waals surface area contributed by atoms with E-state index >= 15 is 0 Å². The van der Waals surface area contributed by atoms with Gasteiger partial charge in [-0.2, -0.15) is 0 Å². The number of rotatable bonds is 2. The first kappa shape index (κ1) is 14.9. The minimum atomic E-state index is -0.447. The topological polar surface area (TPSA) is 64.2 Å². The van der Waals surface area contributed by atoms with E-state index in [1.54, 1.807) is 43.4 Å². The van der Waals surface area contributed by atoms with Crippen LogP contribution in [0.2, 0.25) is 5.02 Å². The summed E-state index contributed by atoms with van der Waals surface area (Å²) in [7, 11) is 1.62. The molecule has 3 rings (SSSR count). The predicted octanol–water partition coefficient (Wildman–Crippen LogP) is 3.80. The van der Waals surface area contributed by atoms with Crippen LogP contribution < -0.4 is 11.1 Å². The molecule has 1 heterocycles. The quantitative estimate of drug-likeness (QED) is 0.734. The van der Waals surface area contributed by atoms with E-state index in [0.29, 0.717) is 27.4 Å². The fourth-order valence-corrected chi connectivity index (χ4v) is 2.96. The zero-order valence-electron chi connectivity index (χ0n) is 11.4. The number of aromatic nitrogens is 1. The molecule has 0 saturated carbocycles. The van der Waals surface area contributed by atoms with Crippen LogP contribution in [0.5, 0.6) is 0 Å². The van der Waals surface area contributed by atoms with Crippen molar-refractivity contribution in [2.75, 3.05) is 5.32 Å². The van der Waals surface area contributed by atoms with Crippen molar-refractivity contribution in [1.29, 1.82) is 0 Å². The number of fused-ring (bicyclic) bond motifs is 1. The summed E-state index contributed by atoms with van der Waals surface area (Å²) in [5, 5.41) is 3.21. The molecule has 22 heavy (non-hydrogen) atoms. The highest BCUT2D eigenvalue weighted by atomic mass is 79.9. The average Bonchev–Trinajstić information content (AvgIpc) is 2.72. The number of nitrogens with one attached hydrogen (secondary N) is 1. The number of amides is 1. The van der Waals surface area contributed by atoms with Crippen LogP contribution in [0.15, 0.2) is 50.1 Å². The van der Waals surface area contributed by atoms with Gasteiger partial charge in [-0.15, -0.1) is 0 Å². The second-order valence-corrected chi connectivity index (χ2v) is 6.07. The summed E-state index contributed by atoms with van der Waals surface area (Å²) >= 11 is 9.23. The molecule has 5 nitrogen and oxygen atoms in total. The van der Waals surface area contributed by atoms with Crippen LogP contribution in [0.25, 0.3) is 11.1 Å². The molecule has 0 aliphatic carbocycles. The Kier molecular flexibility index (Phi) is 3.80. The molecule has 1 N–H and O–H groups in total. The van der Waals surface area contributed by atoms with Gasteiger partial charge in [0.1, 0.15) is 0 Å². The number of anilines is 1. The molecule has 0 radical (unpaired) electrons. The molecule has 0 saturated heterocycles. The van der Waals surface area contributed by atoms with Crippen molar-refractivity contribution in [2.45, 2.75) is 0 Å². The molecule has 0 atom stereocenters. The SMILES string of the molecule is Cn1c(=O)oc2cc(NC(=O)c3cc(Cl)cc(Br)c3)ccc21. The average molecular weight is 382 g/mol. The summed E-state index contributed by atoms with van der Waals surface area (Å²) < 4.78 is 7.21. The highest BCUT2D eigenvalue weighted by molar-refractivity contribution is 9.10. The second kappa shape index (κ2) is 5.62. The second-order valence-electron chi connectivity index (χ2n) is 4.72. The van der Waals surface area contributed by atoms with Crippen LogP contribution in [0.4, 0.5) is 5.69 Å². The van der Waals surface area contributed by atoms with E-state index in [0.717, 1.165) is 4.47 Å². The maximum absolute atomic E-state index is 12.2. The Morgan fingerprint density at radius 2 is 2.05 bits per heavy atom. The third-order valence-electron chi connectivity index (χ3n) is 3.17. The Bertz CT molecular complexity index is 925. The third kappa shape index (κ3) is 2.80. The van der Waals surface area contributed by atoms with Gasteiger partial charge in [0.25, 0.3) is 5.91 Å². The first-order valence-electron chi connectivity index (χ1n) is 6.31. The van der Waals surface area contributed by atoms with Crippen molar-refractivity contribution in [2.24, 2.45) is 7.05 Å². The van der Waals surface area contributed by atoms with E-state index in [-0.39, 0.29) is 5.91 Å². The fourth-order valence-electron chi connectivity index (χ4n) is 2.10. The van der Waals surface area contributed by atoms with Gasteiger partial charge in [-0.05, 0) is 30.3 Å². The van der Waals surface area contributed by atoms with Crippen molar-refractivity contribution < 1.29 is 9.21 Å². The Balaban J connectivity index is 1.92. The van der Waals surface area contributed by atoms with E-state index in [1.807, 2.05) is 0 Å². The van der Waals surface area contributed by atoms with E-state index in [2.05, 4.69) is 21.2 Å². The summed E-state index contributed by atoms with van der Waals surface area (Å²) in [6.45, 7) is 0. The lowest BCUT2D eigenvalue weighted by molar-refractivity contribution is 0.102. The van der Waals surface area contributed by atoms with Gasteiger partial charge >= 0.3 is 5.76 Å². The van der Waals surface area contributed by atoms with Gasteiger partial charge in [0.05, 0.1) is 5.52 Å². The molecule has 0 aliphatic rings. The number of carbonyl (C=O) groups is 1. The zero-order chi connectivity index (χ0) is 15.9. The normalized spacial score (nSPS) is 10.9. The molecule has 1 amide bonds.